The third-order valence-corrected chi connectivity index (χ3v) is 7.52. The molecule has 2 aliphatic carbocycles. The molecule has 186 valence electrons. The van der Waals surface area contributed by atoms with Crippen molar-refractivity contribution in [3.05, 3.63) is 59.7 Å². The second-order valence-electron chi connectivity index (χ2n) is 10.1. The van der Waals surface area contributed by atoms with Gasteiger partial charge in [0.2, 0.25) is 5.91 Å². The molecular formula is C28H34N2O5. The van der Waals surface area contributed by atoms with Crippen molar-refractivity contribution in [2.75, 3.05) is 13.2 Å². The lowest BCUT2D eigenvalue weighted by molar-refractivity contribution is -0.153. The number of carbonyl (C=O) groups is 3. The van der Waals surface area contributed by atoms with E-state index in [4.69, 9.17) is 4.74 Å². The second-order valence-corrected chi connectivity index (χ2v) is 10.1. The van der Waals surface area contributed by atoms with Crippen LogP contribution in [0.15, 0.2) is 48.5 Å². The smallest absolute Gasteiger partial charge is 0.407 e. The Bertz CT molecular complexity index is 1070. The van der Waals surface area contributed by atoms with Gasteiger partial charge in [-0.15, -0.1) is 0 Å². The van der Waals surface area contributed by atoms with E-state index in [9.17, 15) is 19.5 Å². The Hall–Kier alpha value is -3.35. The van der Waals surface area contributed by atoms with Gasteiger partial charge in [-0.05, 0) is 55.9 Å². The van der Waals surface area contributed by atoms with Gasteiger partial charge < -0.3 is 20.1 Å². The molecular weight excluding hydrogens is 444 g/mol. The molecule has 2 atom stereocenters. The molecule has 1 saturated carbocycles. The van der Waals surface area contributed by atoms with Crippen molar-refractivity contribution in [3.63, 3.8) is 0 Å². The summed E-state index contributed by atoms with van der Waals surface area (Å²) in [7, 11) is 0. The molecule has 1 fully saturated rings. The van der Waals surface area contributed by atoms with Gasteiger partial charge in [-0.25, -0.2) is 4.79 Å². The standard InChI is InChI=1S/C28H34N2O5/c1-18(2)30(16-25(31)32)26(33)28(3)15-9-8-14-24(28)29-27(34)35-17-23-21-12-6-4-10-19(21)20-11-5-7-13-22(20)23/h4-7,10-13,18,23-24H,8-9,14-17H2,1-3H3,(H,29,34)(H,31,32). The van der Waals surface area contributed by atoms with Crippen molar-refractivity contribution in [2.45, 2.75) is 64.5 Å². The number of carbonyl (C=O) groups excluding carboxylic acids is 2. The molecule has 2 aromatic carbocycles. The van der Waals surface area contributed by atoms with Crippen LogP contribution >= 0.6 is 0 Å². The fraction of sp³-hybridized carbons (Fsp3) is 0.464. The maximum Gasteiger partial charge on any atom is 0.407 e. The summed E-state index contributed by atoms with van der Waals surface area (Å²) in [5.74, 6) is -1.33. The van der Waals surface area contributed by atoms with Crippen molar-refractivity contribution < 1.29 is 24.2 Å². The van der Waals surface area contributed by atoms with Crippen LogP contribution in [-0.4, -0.2) is 53.2 Å². The number of aliphatic carboxylic acids is 1. The Kier molecular flexibility index (Phi) is 7.15. The molecule has 0 aliphatic heterocycles. The Labute approximate surface area is 206 Å². The summed E-state index contributed by atoms with van der Waals surface area (Å²) in [4.78, 5) is 39.2. The number of carboxylic acids is 1. The van der Waals surface area contributed by atoms with Crippen LogP contribution in [0, 0.1) is 5.41 Å². The molecule has 2 unspecified atom stereocenters. The first kappa shape index (κ1) is 24.8. The number of amides is 2. The summed E-state index contributed by atoms with van der Waals surface area (Å²) in [5.41, 5.74) is 3.72. The van der Waals surface area contributed by atoms with Gasteiger partial charge in [0, 0.05) is 18.0 Å². The quantitative estimate of drug-likeness (QED) is 0.596. The summed E-state index contributed by atoms with van der Waals surface area (Å²) in [6.45, 7) is 5.29. The summed E-state index contributed by atoms with van der Waals surface area (Å²) in [5, 5.41) is 12.3. The zero-order valence-electron chi connectivity index (χ0n) is 20.6. The van der Waals surface area contributed by atoms with Gasteiger partial charge in [-0.2, -0.15) is 0 Å². The number of hydrogen-bond acceptors (Lipinski definition) is 4. The zero-order valence-corrected chi connectivity index (χ0v) is 20.6. The summed E-state index contributed by atoms with van der Waals surface area (Å²) in [6.07, 6.45) is 2.42. The number of alkyl carbamates (subject to hydrolysis) is 1. The van der Waals surface area contributed by atoms with Crippen LogP contribution in [0.3, 0.4) is 0 Å². The molecule has 0 saturated heterocycles. The molecule has 0 heterocycles. The molecule has 2 aliphatic rings. The highest BCUT2D eigenvalue weighted by Gasteiger charge is 2.46. The molecule has 0 radical (unpaired) electrons. The molecule has 7 heteroatoms. The Morgan fingerprint density at radius 3 is 2.23 bits per heavy atom. The highest BCUT2D eigenvalue weighted by atomic mass is 16.5. The van der Waals surface area contributed by atoms with E-state index in [1.54, 1.807) is 13.8 Å². The highest BCUT2D eigenvalue weighted by Crippen LogP contribution is 2.44. The maximum atomic E-state index is 13.5. The zero-order chi connectivity index (χ0) is 25.2. The van der Waals surface area contributed by atoms with Crippen LogP contribution in [-0.2, 0) is 14.3 Å². The van der Waals surface area contributed by atoms with Crippen LogP contribution < -0.4 is 5.32 Å². The number of ether oxygens (including phenoxy) is 1. The van der Waals surface area contributed by atoms with Crippen LogP contribution in [0.2, 0.25) is 0 Å². The van der Waals surface area contributed by atoms with Crippen LogP contribution in [0.5, 0.6) is 0 Å². The molecule has 4 rings (SSSR count). The molecule has 2 aromatic rings. The largest absolute Gasteiger partial charge is 0.480 e. The molecule has 35 heavy (non-hydrogen) atoms. The molecule has 0 spiro atoms. The second kappa shape index (κ2) is 10.1. The van der Waals surface area contributed by atoms with E-state index in [1.165, 1.54) is 4.90 Å². The molecule has 7 nitrogen and oxygen atoms in total. The van der Waals surface area contributed by atoms with Gasteiger partial charge in [0.15, 0.2) is 0 Å². The number of fused-ring (bicyclic) bond motifs is 3. The van der Waals surface area contributed by atoms with E-state index in [0.29, 0.717) is 12.8 Å². The number of nitrogens with one attached hydrogen (secondary N) is 1. The average Bonchev–Trinajstić information content (AvgIpc) is 3.16. The minimum Gasteiger partial charge on any atom is -0.480 e. The lowest BCUT2D eigenvalue weighted by Crippen LogP contribution is -2.58. The fourth-order valence-electron chi connectivity index (χ4n) is 5.57. The lowest BCUT2D eigenvalue weighted by atomic mass is 9.70. The Morgan fingerprint density at radius 2 is 1.66 bits per heavy atom. The molecule has 0 bridgehead atoms. The van der Waals surface area contributed by atoms with Gasteiger partial charge in [0.05, 0.1) is 5.41 Å². The van der Waals surface area contributed by atoms with Crippen molar-refractivity contribution in [2.24, 2.45) is 5.41 Å². The van der Waals surface area contributed by atoms with E-state index < -0.39 is 23.5 Å². The van der Waals surface area contributed by atoms with Gasteiger partial charge >= 0.3 is 12.1 Å². The number of nitrogens with zero attached hydrogens (tertiary/aromatic N) is 1. The van der Waals surface area contributed by atoms with Crippen LogP contribution in [0.1, 0.15) is 63.5 Å². The third kappa shape index (κ3) is 4.90. The van der Waals surface area contributed by atoms with Crippen molar-refractivity contribution in [3.8, 4) is 11.1 Å². The minimum absolute atomic E-state index is 0.0421. The third-order valence-electron chi connectivity index (χ3n) is 7.52. The van der Waals surface area contributed by atoms with Gasteiger partial charge in [0.25, 0.3) is 0 Å². The van der Waals surface area contributed by atoms with Crippen molar-refractivity contribution in [1.29, 1.82) is 0 Å². The first-order valence-corrected chi connectivity index (χ1v) is 12.4. The van der Waals surface area contributed by atoms with Crippen LogP contribution in [0.4, 0.5) is 4.79 Å². The monoisotopic (exact) mass is 478 g/mol. The first-order chi connectivity index (χ1) is 16.7. The van der Waals surface area contributed by atoms with E-state index >= 15 is 0 Å². The fourth-order valence-corrected chi connectivity index (χ4v) is 5.57. The molecule has 2 N–H and O–H groups in total. The molecule has 0 aromatic heterocycles. The topological polar surface area (TPSA) is 95.9 Å². The SMILES string of the molecule is CC(C)N(CC(=O)O)C(=O)C1(C)CCCCC1NC(=O)OCC1c2ccccc2-c2ccccc21. The summed E-state index contributed by atoms with van der Waals surface area (Å²) in [6, 6.07) is 15.7. The van der Waals surface area contributed by atoms with E-state index in [-0.39, 0.29) is 31.0 Å². The number of benzene rings is 2. The highest BCUT2D eigenvalue weighted by molar-refractivity contribution is 5.87. The first-order valence-electron chi connectivity index (χ1n) is 12.4. The summed E-state index contributed by atoms with van der Waals surface area (Å²) >= 11 is 0. The van der Waals surface area contributed by atoms with Gasteiger partial charge in [-0.1, -0.05) is 61.4 Å². The Morgan fingerprint density at radius 1 is 1.06 bits per heavy atom. The van der Waals surface area contributed by atoms with Crippen molar-refractivity contribution >= 4 is 18.0 Å². The number of hydrogen-bond donors (Lipinski definition) is 2. The number of carboxylic acid groups (broad SMARTS) is 1. The van der Waals surface area contributed by atoms with Gasteiger partial charge in [-0.3, -0.25) is 9.59 Å². The number of rotatable bonds is 7. The maximum absolute atomic E-state index is 13.5. The molecule has 2 amide bonds. The lowest BCUT2D eigenvalue weighted by Gasteiger charge is -2.43. The Balaban J connectivity index is 1.46. The normalized spacial score (nSPS) is 21.2. The predicted octanol–water partition coefficient (Wildman–Crippen LogP) is 4.80. The van der Waals surface area contributed by atoms with Gasteiger partial charge in [0.1, 0.15) is 13.2 Å². The van der Waals surface area contributed by atoms with Crippen LogP contribution in [0.25, 0.3) is 11.1 Å². The van der Waals surface area contributed by atoms with Crippen molar-refractivity contribution in [1.82, 2.24) is 10.2 Å². The minimum atomic E-state index is -1.05. The summed E-state index contributed by atoms with van der Waals surface area (Å²) < 4.78 is 5.72. The van der Waals surface area contributed by atoms with E-state index in [0.717, 1.165) is 35.1 Å². The van der Waals surface area contributed by atoms with E-state index in [1.807, 2.05) is 31.2 Å². The average molecular weight is 479 g/mol. The van der Waals surface area contributed by atoms with E-state index in [2.05, 4.69) is 29.6 Å². The predicted molar refractivity (Wildman–Crippen MR) is 133 cm³/mol.